The molecule has 0 atom stereocenters. The first-order chi connectivity index (χ1) is 24.8. The molecular weight excluding hydrogens is 629 g/mol. The topological polar surface area (TPSA) is 43.6 Å². The largest absolute Gasteiger partial charge is 0.309 e. The average Bonchev–Trinajstić information content (AvgIpc) is 3.73. The molecule has 0 spiro atoms. The lowest BCUT2D eigenvalue weighted by Crippen LogP contribution is -2.00. The van der Waals surface area contributed by atoms with Crippen molar-refractivity contribution in [1.29, 1.82) is 0 Å². The predicted octanol–water partition coefficient (Wildman–Crippen LogP) is 12.0. The Labute approximate surface area is 292 Å². The summed E-state index contributed by atoms with van der Waals surface area (Å²) in [4.78, 5) is 15.0. The fourth-order valence-electron chi connectivity index (χ4n) is 7.04. The van der Waals surface area contributed by atoms with Gasteiger partial charge in [-0.05, 0) is 71.8 Å². The highest BCUT2D eigenvalue weighted by Crippen LogP contribution is 2.40. The molecule has 0 aliphatic heterocycles. The number of thiophene rings is 1. The first-order valence-electron chi connectivity index (χ1n) is 16.7. The van der Waals surface area contributed by atoms with E-state index in [0.29, 0.717) is 17.5 Å². The Kier molecular flexibility index (Phi) is 6.64. The van der Waals surface area contributed by atoms with Gasteiger partial charge in [0, 0.05) is 53.3 Å². The highest BCUT2D eigenvalue weighted by atomic mass is 32.1. The second kappa shape index (κ2) is 11.6. The van der Waals surface area contributed by atoms with Gasteiger partial charge in [-0.1, -0.05) is 109 Å². The molecule has 0 fully saturated rings. The molecule has 0 N–H and O–H groups in total. The van der Waals surface area contributed by atoms with Crippen LogP contribution in [0.25, 0.3) is 93.0 Å². The maximum absolute atomic E-state index is 5.04. The summed E-state index contributed by atoms with van der Waals surface area (Å²) < 4.78 is 4.98. The van der Waals surface area contributed by atoms with Gasteiger partial charge in [0.2, 0.25) is 0 Å². The van der Waals surface area contributed by atoms with Gasteiger partial charge in [0.25, 0.3) is 0 Å². The van der Waals surface area contributed by atoms with Crippen molar-refractivity contribution in [1.82, 2.24) is 19.5 Å². The van der Waals surface area contributed by atoms with Gasteiger partial charge in [0.1, 0.15) is 0 Å². The number of rotatable bonds is 5. The third-order valence-electron chi connectivity index (χ3n) is 9.45. The molecule has 10 rings (SSSR count). The minimum atomic E-state index is 0.645. The van der Waals surface area contributed by atoms with E-state index in [0.717, 1.165) is 38.8 Å². The summed E-state index contributed by atoms with van der Waals surface area (Å²) in [5, 5.41) is 4.94. The molecular formula is C45H28N4S. The van der Waals surface area contributed by atoms with Crippen LogP contribution in [-0.4, -0.2) is 19.5 Å². The van der Waals surface area contributed by atoms with Gasteiger partial charge in [0.05, 0.1) is 11.0 Å². The van der Waals surface area contributed by atoms with Crippen molar-refractivity contribution < 1.29 is 0 Å². The Hall–Kier alpha value is -6.43. The van der Waals surface area contributed by atoms with E-state index in [4.69, 9.17) is 15.0 Å². The van der Waals surface area contributed by atoms with E-state index in [1.165, 1.54) is 36.7 Å². The maximum atomic E-state index is 5.04. The number of hydrogen-bond donors (Lipinski definition) is 0. The van der Waals surface area contributed by atoms with Crippen molar-refractivity contribution in [3.05, 3.63) is 170 Å². The van der Waals surface area contributed by atoms with E-state index in [9.17, 15) is 0 Å². The third-order valence-corrected chi connectivity index (χ3v) is 10.6. The number of aromatic nitrogens is 4. The molecule has 5 heteroatoms. The van der Waals surface area contributed by atoms with Crippen LogP contribution in [0.3, 0.4) is 0 Å². The Balaban J connectivity index is 1.19. The fourth-order valence-corrected chi connectivity index (χ4v) is 8.13. The van der Waals surface area contributed by atoms with Gasteiger partial charge in [-0.2, -0.15) is 0 Å². The van der Waals surface area contributed by atoms with Crippen molar-refractivity contribution in [2.75, 3.05) is 0 Å². The molecule has 0 aliphatic carbocycles. The maximum Gasteiger partial charge on any atom is 0.164 e. The van der Waals surface area contributed by atoms with Crippen molar-refractivity contribution in [3.8, 4) is 51.0 Å². The van der Waals surface area contributed by atoms with E-state index in [1.54, 1.807) is 0 Å². The highest BCUT2D eigenvalue weighted by Gasteiger charge is 2.17. The predicted molar refractivity (Wildman–Crippen MR) is 209 cm³/mol. The number of fused-ring (bicyclic) bond motifs is 6. The summed E-state index contributed by atoms with van der Waals surface area (Å²) in [5.74, 6) is 1.95. The fraction of sp³-hybridized carbons (Fsp3) is 0. The number of nitrogens with zero attached hydrogens (tertiary/aromatic N) is 4. The van der Waals surface area contributed by atoms with Gasteiger partial charge in [-0.25, -0.2) is 15.0 Å². The van der Waals surface area contributed by atoms with Crippen molar-refractivity contribution in [2.45, 2.75) is 0 Å². The molecule has 234 valence electrons. The van der Waals surface area contributed by atoms with E-state index in [2.05, 4.69) is 114 Å². The average molecular weight is 657 g/mol. The van der Waals surface area contributed by atoms with Gasteiger partial charge in [-0.3, -0.25) is 0 Å². The van der Waals surface area contributed by atoms with E-state index in [1.807, 2.05) is 72.0 Å². The second-order valence-corrected chi connectivity index (χ2v) is 13.6. The second-order valence-electron chi connectivity index (χ2n) is 12.5. The van der Waals surface area contributed by atoms with Crippen molar-refractivity contribution in [2.24, 2.45) is 0 Å². The third kappa shape index (κ3) is 4.79. The summed E-state index contributed by atoms with van der Waals surface area (Å²) in [5.41, 5.74) is 8.65. The van der Waals surface area contributed by atoms with Gasteiger partial charge >= 0.3 is 0 Å². The van der Waals surface area contributed by atoms with Crippen molar-refractivity contribution in [3.63, 3.8) is 0 Å². The van der Waals surface area contributed by atoms with Crippen LogP contribution in [0.1, 0.15) is 0 Å². The van der Waals surface area contributed by atoms with Gasteiger partial charge in [-0.15, -0.1) is 11.3 Å². The lowest BCUT2D eigenvalue weighted by atomic mass is 10.00. The summed E-state index contributed by atoms with van der Waals surface area (Å²) in [6, 6.07) is 59.8. The molecule has 0 saturated heterocycles. The standard InChI is InChI=1S/C45H28N4S/c1-4-12-29(13-5-1)43-46-44(30-14-6-2-7-15-30)48-45(47-43)33-21-24-40-37(28-33)36-26-31(20-23-39(36)49(40)34-16-8-3-9-17-34)32-22-25-42-38(27-32)35-18-10-11-19-41(35)50-42/h1-28H. The molecule has 0 amide bonds. The Morgan fingerprint density at radius 2 is 0.800 bits per heavy atom. The Morgan fingerprint density at radius 3 is 1.44 bits per heavy atom. The van der Waals surface area contributed by atoms with Crippen LogP contribution in [0, 0.1) is 0 Å². The zero-order valence-electron chi connectivity index (χ0n) is 26.9. The zero-order valence-corrected chi connectivity index (χ0v) is 27.7. The van der Waals surface area contributed by atoms with Gasteiger partial charge < -0.3 is 4.57 Å². The zero-order chi connectivity index (χ0) is 33.0. The Morgan fingerprint density at radius 1 is 0.340 bits per heavy atom. The molecule has 0 unspecified atom stereocenters. The van der Waals surface area contributed by atoms with Crippen LogP contribution in [0.15, 0.2) is 170 Å². The minimum absolute atomic E-state index is 0.645. The van der Waals surface area contributed by atoms with E-state index in [-0.39, 0.29) is 0 Å². The van der Waals surface area contributed by atoms with Crippen LogP contribution in [0.4, 0.5) is 0 Å². The molecule has 3 aromatic heterocycles. The summed E-state index contributed by atoms with van der Waals surface area (Å²) in [6.07, 6.45) is 0. The van der Waals surface area contributed by atoms with Crippen LogP contribution >= 0.6 is 11.3 Å². The molecule has 50 heavy (non-hydrogen) atoms. The van der Waals surface area contributed by atoms with E-state index < -0.39 is 0 Å². The van der Waals surface area contributed by atoms with Crippen LogP contribution in [0.2, 0.25) is 0 Å². The van der Waals surface area contributed by atoms with Crippen molar-refractivity contribution >= 4 is 53.3 Å². The molecule has 0 bridgehead atoms. The first kappa shape index (κ1) is 28.6. The lowest BCUT2D eigenvalue weighted by Gasteiger charge is -2.09. The van der Waals surface area contributed by atoms with E-state index >= 15 is 0 Å². The number of para-hydroxylation sites is 1. The molecule has 0 radical (unpaired) electrons. The number of benzene rings is 7. The summed E-state index contributed by atoms with van der Waals surface area (Å²) in [6.45, 7) is 0. The first-order valence-corrected chi connectivity index (χ1v) is 17.5. The summed E-state index contributed by atoms with van der Waals surface area (Å²) in [7, 11) is 0. The molecule has 0 aliphatic rings. The molecule has 3 heterocycles. The molecule has 7 aromatic carbocycles. The van der Waals surface area contributed by atoms with Crippen LogP contribution in [0.5, 0.6) is 0 Å². The monoisotopic (exact) mass is 656 g/mol. The normalized spacial score (nSPS) is 11.6. The number of hydrogen-bond acceptors (Lipinski definition) is 4. The summed E-state index contributed by atoms with van der Waals surface area (Å²) >= 11 is 1.85. The minimum Gasteiger partial charge on any atom is -0.309 e. The van der Waals surface area contributed by atoms with Gasteiger partial charge in [0.15, 0.2) is 17.5 Å². The SMILES string of the molecule is c1ccc(-c2nc(-c3ccccc3)nc(-c3ccc4c(c3)c3cc(-c5ccc6sc7ccccc7c6c5)ccc3n4-c3ccccc3)n2)cc1. The quantitative estimate of drug-likeness (QED) is 0.185. The lowest BCUT2D eigenvalue weighted by molar-refractivity contribution is 1.07. The molecule has 0 saturated carbocycles. The van der Waals surface area contributed by atoms with Crippen LogP contribution < -0.4 is 0 Å². The Bertz CT molecular complexity index is 2800. The highest BCUT2D eigenvalue weighted by molar-refractivity contribution is 7.25. The van der Waals surface area contributed by atoms with Crippen LogP contribution in [-0.2, 0) is 0 Å². The smallest absolute Gasteiger partial charge is 0.164 e. The molecule has 10 aromatic rings. The molecule has 4 nitrogen and oxygen atoms in total.